The lowest BCUT2D eigenvalue weighted by molar-refractivity contribution is 0.0998. The van der Waals surface area contributed by atoms with E-state index in [9.17, 15) is 9.90 Å². The summed E-state index contributed by atoms with van der Waals surface area (Å²) in [7, 11) is 0. The minimum Gasteiger partial charge on any atom is -0.396 e. The van der Waals surface area contributed by atoms with Gasteiger partial charge in [0.05, 0.1) is 6.61 Å². The highest BCUT2D eigenvalue weighted by Gasteiger charge is 2.18. The number of H-pyrrole nitrogens is 1. The molecule has 2 aromatic carbocycles. The number of nitrogens with one attached hydrogen (secondary N) is 1. The number of nitrogens with two attached hydrogens (primary N) is 1. The molecule has 3 rings (SSSR count). The zero-order valence-corrected chi connectivity index (χ0v) is 12.1. The monoisotopic (exact) mass is 294 g/mol. The van der Waals surface area contributed by atoms with E-state index in [0.717, 1.165) is 22.0 Å². The van der Waals surface area contributed by atoms with Gasteiger partial charge >= 0.3 is 0 Å². The highest BCUT2D eigenvalue weighted by atomic mass is 16.3. The van der Waals surface area contributed by atoms with Crippen molar-refractivity contribution in [3.05, 3.63) is 71.4 Å². The van der Waals surface area contributed by atoms with Crippen LogP contribution in [0.4, 0.5) is 0 Å². The number of aliphatic hydroxyl groups is 1. The van der Waals surface area contributed by atoms with Crippen LogP contribution in [0.15, 0.2) is 54.7 Å². The van der Waals surface area contributed by atoms with Crippen LogP contribution in [0, 0.1) is 0 Å². The van der Waals surface area contributed by atoms with Crippen LogP contribution < -0.4 is 5.73 Å². The Bertz CT molecular complexity index is 807. The molecule has 1 heterocycles. The summed E-state index contributed by atoms with van der Waals surface area (Å²) in [5.74, 6) is -0.629. The van der Waals surface area contributed by atoms with E-state index in [0.29, 0.717) is 12.0 Å². The second-order valence-corrected chi connectivity index (χ2v) is 5.39. The summed E-state index contributed by atoms with van der Waals surface area (Å²) in [6.45, 7) is -0.0379. The molecule has 112 valence electrons. The number of carbonyl (C=O) groups excluding carboxylic acids is 1. The Labute approximate surface area is 128 Å². The second-order valence-electron chi connectivity index (χ2n) is 5.39. The van der Waals surface area contributed by atoms with E-state index in [4.69, 9.17) is 5.73 Å². The zero-order valence-electron chi connectivity index (χ0n) is 12.1. The van der Waals surface area contributed by atoms with Gasteiger partial charge in [-0.05, 0) is 29.7 Å². The molecule has 0 spiro atoms. The Hall–Kier alpha value is -2.59. The van der Waals surface area contributed by atoms with E-state index in [1.54, 1.807) is 12.1 Å². The van der Waals surface area contributed by atoms with Crippen molar-refractivity contribution in [3.63, 3.8) is 0 Å². The quantitative estimate of drug-likeness (QED) is 0.676. The van der Waals surface area contributed by atoms with Gasteiger partial charge in [-0.25, -0.2) is 0 Å². The topological polar surface area (TPSA) is 79.1 Å². The van der Waals surface area contributed by atoms with Crippen molar-refractivity contribution in [2.45, 2.75) is 12.3 Å². The zero-order chi connectivity index (χ0) is 15.5. The first kappa shape index (κ1) is 14.4. The number of benzene rings is 2. The van der Waals surface area contributed by atoms with Crippen molar-refractivity contribution in [2.75, 3.05) is 6.61 Å². The summed E-state index contributed by atoms with van der Waals surface area (Å²) in [4.78, 5) is 14.8. The molecule has 4 N–H and O–H groups in total. The average Bonchev–Trinajstić information content (AvgIpc) is 2.95. The van der Waals surface area contributed by atoms with Gasteiger partial charge in [-0.2, -0.15) is 0 Å². The first-order valence-corrected chi connectivity index (χ1v) is 7.25. The number of rotatable bonds is 5. The van der Waals surface area contributed by atoms with Crippen LogP contribution in [0.1, 0.15) is 27.4 Å². The van der Waals surface area contributed by atoms with Crippen molar-refractivity contribution in [3.8, 4) is 0 Å². The minimum absolute atomic E-state index is 0.0379. The maximum absolute atomic E-state index is 11.6. The Morgan fingerprint density at radius 1 is 1.14 bits per heavy atom. The Morgan fingerprint density at radius 2 is 1.86 bits per heavy atom. The van der Waals surface area contributed by atoms with Crippen molar-refractivity contribution in [2.24, 2.45) is 5.73 Å². The van der Waals surface area contributed by atoms with Crippen molar-refractivity contribution in [1.29, 1.82) is 0 Å². The molecule has 4 heteroatoms. The van der Waals surface area contributed by atoms with E-state index in [1.807, 2.05) is 36.5 Å². The molecule has 0 unspecified atom stereocenters. The second kappa shape index (κ2) is 6.03. The molecular formula is C18H18N2O2. The smallest absolute Gasteiger partial charge is 0.248 e. The number of hydrogen-bond acceptors (Lipinski definition) is 2. The largest absolute Gasteiger partial charge is 0.396 e. The van der Waals surface area contributed by atoms with Gasteiger partial charge in [0, 0.05) is 28.6 Å². The van der Waals surface area contributed by atoms with E-state index in [-0.39, 0.29) is 12.5 Å². The fourth-order valence-corrected chi connectivity index (χ4v) is 2.92. The van der Waals surface area contributed by atoms with Crippen molar-refractivity contribution >= 4 is 16.8 Å². The van der Waals surface area contributed by atoms with Gasteiger partial charge in [-0.15, -0.1) is 0 Å². The average molecular weight is 294 g/mol. The van der Waals surface area contributed by atoms with Gasteiger partial charge in [0.2, 0.25) is 5.91 Å². The van der Waals surface area contributed by atoms with Crippen LogP contribution in [-0.4, -0.2) is 22.6 Å². The van der Waals surface area contributed by atoms with Crippen LogP contribution in [0.25, 0.3) is 10.9 Å². The number of para-hydroxylation sites is 1. The van der Waals surface area contributed by atoms with Gasteiger partial charge in [0.25, 0.3) is 0 Å². The normalized spacial score (nSPS) is 12.4. The lowest BCUT2D eigenvalue weighted by atomic mass is 9.89. The number of amides is 1. The van der Waals surface area contributed by atoms with Crippen LogP contribution in [0.3, 0.4) is 0 Å². The number of primary amides is 1. The van der Waals surface area contributed by atoms with Crippen LogP contribution >= 0.6 is 0 Å². The number of hydrogen-bond donors (Lipinski definition) is 3. The maximum Gasteiger partial charge on any atom is 0.248 e. The maximum atomic E-state index is 11.6. The summed E-state index contributed by atoms with van der Waals surface area (Å²) < 4.78 is 0. The lowest BCUT2D eigenvalue weighted by Crippen LogP contribution is -2.18. The highest BCUT2D eigenvalue weighted by Crippen LogP contribution is 2.27. The molecule has 4 nitrogen and oxygen atoms in total. The Kier molecular flexibility index (Phi) is 3.94. The molecule has 3 aromatic rings. The first-order valence-electron chi connectivity index (χ1n) is 7.25. The van der Waals surface area contributed by atoms with E-state index in [2.05, 4.69) is 11.1 Å². The Balaban J connectivity index is 1.97. The fraction of sp³-hybridized carbons (Fsp3) is 0.167. The van der Waals surface area contributed by atoms with E-state index >= 15 is 0 Å². The van der Waals surface area contributed by atoms with Crippen molar-refractivity contribution < 1.29 is 9.90 Å². The standard InChI is InChI=1S/C18H18N2O2/c19-18(22)16-7-2-1-5-14(16)13(11-21)9-12-10-20-17-8-4-3-6-15(12)17/h1-8,10,13,20-21H,9,11H2,(H2,19,22)/t13-/m0/s1. The van der Waals surface area contributed by atoms with Gasteiger partial charge in [0.15, 0.2) is 0 Å². The fourth-order valence-electron chi connectivity index (χ4n) is 2.92. The van der Waals surface area contributed by atoms with Crippen LogP contribution in [0.5, 0.6) is 0 Å². The minimum atomic E-state index is -0.465. The molecule has 0 radical (unpaired) electrons. The molecule has 1 amide bonds. The molecule has 0 saturated carbocycles. The number of carbonyl (C=O) groups is 1. The molecular weight excluding hydrogens is 276 g/mol. The third-order valence-electron chi connectivity index (χ3n) is 4.03. The summed E-state index contributed by atoms with van der Waals surface area (Å²) in [6.07, 6.45) is 2.60. The number of fused-ring (bicyclic) bond motifs is 1. The molecule has 0 aliphatic heterocycles. The predicted molar refractivity (Wildman–Crippen MR) is 86.8 cm³/mol. The number of aromatic nitrogens is 1. The summed E-state index contributed by atoms with van der Waals surface area (Å²) in [5, 5.41) is 10.9. The molecule has 0 aliphatic rings. The molecule has 0 fully saturated rings. The number of aliphatic hydroxyl groups excluding tert-OH is 1. The molecule has 1 aromatic heterocycles. The highest BCUT2D eigenvalue weighted by molar-refractivity contribution is 5.94. The first-order chi connectivity index (χ1) is 10.7. The number of aromatic amines is 1. The third kappa shape index (κ3) is 2.61. The molecule has 1 atom stereocenters. The van der Waals surface area contributed by atoms with Gasteiger partial charge < -0.3 is 15.8 Å². The van der Waals surface area contributed by atoms with E-state index in [1.165, 1.54) is 0 Å². The molecule has 0 bridgehead atoms. The lowest BCUT2D eigenvalue weighted by Gasteiger charge is -2.17. The van der Waals surface area contributed by atoms with E-state index < -0.39 is 5.91 Å². The third-order valence-corrected chi connectivity index (χ3v) is 4.03. The Morgan fingerprint density at radius 3 is 2.64 bits per heavy atom. The summed E-state index contributed by atoms with van der Waals surface area (Å²) in [5.41, 5.74) is 8.90. The van der Waals surface area contributed by atoms with Gasteiger partial charge in [0.1, 0.15) is 0 Å². The van der Waals surface area contributed by atoms with Gasteiger partial charge in [-0.1, -0.05) is 36.4 Å². The SMILES string of the molecule is NC(=O)c1ccccc1[C@H](CO)Cc1c[nH]c2ccccc12. The summed E-state index contributed by atoms with van der Waals surface area (Å²) in [6, 6.07) is 15.2. The molecule has 0 saturated heterocycles. The molecule has 22 heavy (non-hydrogen) atoms. The predicted octanol–water partition coefficient (Wildman–Crippen LogP) is 2.59. The van der Waals surface area contributed by atoms with Crippen LogP contribution in [0.2, 0.25) is 0 Å². The summed E-state index contributed by atoms with van der Waals surface area (Å²) >= 11 is 0. The van der Waals surface area contributed by atoms with Crippen LogP contribution in [-0.2, 0) is 6.42 Å². The molecule has 0 aliphatic carbocycles. The van der Waals surface area contributed by atoms with Gasteiger partial charge in [-0.3, -0.25) is 4.79 Å². The van der Waals surface area contributed by atoms with Crippen molar-refractivity contribution in [1.82, 2.24) is 4.98 Å².